The first kappa shape index (κ1) is 19.6. The van der Waals surface area contributed by atoms with Crippen molar-refractivity contribution in [3.05, 3.63) is 16.4 Å². The fourth-order valence-corrected chi connectivity index (χ4v) is 3.45. The number of ether oxygens (including phenoxy) is 2. The van der Waals surface area contributed by atoms with Crippen molar-refractivity contribution in [3.63, 3.8) is 0 Å². The van der Waals surface area contributed by atoms with Crippen LogP contribution in [0.5, 0.6) is 5.88 Å². The maximum Gasteiger partial charge on any atom is 0.356 e. The molecule has 9 nitrogen and oxygen atoms in total. The van der Waals surface area contributed by atoms with Crippen LogP contribution in [0.4, 0.5) is 5.95 Å². The Kier molecular flexibility index (Phi) is 7.70. The Labute approximate surface area is 135 Å². The maximum atomic E-state index is 12.5. The molecule has 3 N–H and O–H groups in total. The third-order valence-corrected chi connectivity index (χ3v) is 4.19. The van der Waals surface area contributed by atoms with Crippen molar-refractivity contribution < 1.29 is 23.1 Å². The molecule has 0 atom stereocenters. The van der Waals surface area contributed by atoms with Crippen LogP contribution in [-0.2, 0) is 18.3 Å². The van der Waals surface area contributed by atoms with E-state index in [-0.39, 0.29) is 43.6 Å². The number of anilines is 1. The highest BCUT2D eigenvalue weighted by Gasteiger charge is 2.28. The molecule has 1 rings (SSSR count). The normalized spacial score (nSPS) is 12.1. The largest absolute Gasteiger partial charge is 0.475 e. The van der Waals surface area contributed by atoms with Gasteiger partial charge in [0.25, 0.3) is 5.56 Å². The van der Waals surface area contributed by atoms with Gasteiger partial charge in [0.05, 0.1) is 24.9 Å². The summed E-state index contributed by atoms with van der Waals surface area (Å²) in [6.45, 7) is 7.30. The number of nitrogens with one attached hydrogen (secondary N) is 1. The average molecular weight is 349 g/mol. The molecule has 0 unspecified atom stereocenters. The van der Waals surface area contributed by atoms with Crippen LogP contribution < -0.4 is 16.0 Å². The molecule has 0 saturated carbocycles. The van der Waals surface area contributed by atoms with E-state index in [1.165, 1.54) is 6.07 Å². The monoisotopic (exact) mass is 349 g/mol. The molecule has 0 radical (unpaired) electrons. The minimum atomic E-state index is -3.33. The minimum absolute atomic E-state index is 0.0337. The van der Waals surface area contributed by atoms with Crippen molar-refractivity contribution in [2.24, 2.45) is 0 Å². The van der Waals surface area contributed by atoms with Crippen molar-refractivity contribution in [1.82, 2.24) is 9.97 Å². The Balaban J connectivity index is 2.41. The van der Waals surface area contributed by atoms with Crippen molar-refractivity contribution in [3.8, 4) is 5.88 Å². The highest BCUT2D eigenvalue weighted by molar-refractivity contribution is 7.53. The fourth-order valence-electron chi connectivity index (χ4n) is 1.64. The van der Waals surface area contributed by atoms with Crippen LogP contribution in [0.1, 0.15) is 27.7 Å². The number of nitrogen functional groups attached to an aromatic ring is 1. The molecule has 0 aromatic carbocycles. The van der Waals surface area contributed by atoms with E-state index in [1.54, 1.807) is 27.7 Å². The first-order chi connectivity index (χ1) is 10.7. The lowest BCUT2D eigenvalue weighted by Gasteiger charge is -2.22. The summed E-state index contributed by atoms with van der Waals surface area (Å²) >= 11 is 0. The minimum Gasteiger partial charge on any atom is -0.475 e. The van der Waals surface area contributed by atoms with Crippen LogP contribution in [0.3, 0.4) is 0 Å². The standard InChI is InChI=1S/C13H24N3O6P/c1-9(2)21-23(18,22-10(3)4)8-19-5-6-20-12-7-11(17)15-13(14)16-12/h7,9-10H,5-6,8H2,1-4H3,(H3,14,15,16,17). The summed E-state index contributed by atoms with van der Waals surface area (Å²) < 4.78 is 33.7. The third kappa shape index (κ3) is 8.13. The van der Waals surface area contributed by atoms with E-state index in [2.05, 4.69) is 9.97 Å². The lowest BCUT2D eigenvalue weighted by Crippen LogP contribution is -2.15. The summed E-state index contributed by atoms with van der Waals surface area (Å²) in [6.07, 6.45) is -0.678. The van der Waals surface area contributed by atoms with Crippen LogP contribution in [0, 0.1) is 0 Å². The summed E-state index contributed by atoms with van der Waals surface area (Å²) in [5.41, 5.74) is 4.98. The molecule has 1 aromatic rings. The van der Waals surface area contributed by atoms with Crippen LogP contribution in [0.25, 0.3) is 0 Å². The molecular weight excluding hydrogens is 325 g/mol. The summed E-state index contributed by atoms with van der Waals surface area (Å²) in [5.74, 6) is 0.0588. The van der Waals surface area contributed by atoms with E-state index in [0.717, 1.165) is 0 Å². The van der Waals surface area contributed by atoms with Gasteiger partial charge < -0.3 is 24.3 Å². The highest BCUT2D eigenvalue weighted by Crippen LogP contribution is 2.50. The van der Waals surface area contributed by atoms with E-state index in [9.17, 15) is 9.36 Å². The smallest absolute Gasteiger partial charge is 0.356 e. The van der Waals surface area contributed by atoms with E-state index < -0.39 is 13.2 Å². The second-order valence-corrected chi connectivity index (χ2v) is 7.18. The van der Waals surface area contributed by atoms with Gasteiger partial charge in [0.15, 0.2) is 0 Å². The molecule has 0 fully saturated rings. The number of H-pyrrole nitrogens is 1. The van der Waals surface area contributed by atoms with Gasteiger partial charge in [-0.25, -0.2) is 0 Å². The van der Waals surface area contributed by atoms with Gasteiger partial charge >= 0.3 is 7.60 Å². The molecule has 132 valence electrons. The molecule has 1 aromatic heterocycles. The molecule has 0 bridgehead atoms. The van der Waals surface area contributed by atoms with Crippen molar-refractivity contribution in [2.75, 3.05) is 25.3 Å². The number of nitrogens with two attached hydrogens (primary N) is 1. The molecule has 0 saturated heterocycles. The van der Waals surface area contributed by atoms with E-state index in [1.807, 2.05) is 0 Å². The summed E-state index contributed by atoms with van der Waals surface area (Å²) in [7, 11) is -3.33. The molecule has 0 spiro atoms. The topological polar surface area (TPSA) is 126 Å². The number of hydrogen-bond donors (Lipinski definition) is 2. The number of rotatable bonds is 10. The van der Waals surface area contributed by atoms with Gasteiger partial charge in [-0.15, -0.1) is 0 Å². The van der Waals surface area contributed by atoms with Gasteiger partial charge in [-0.2, -0.15) is 4.98 Å². The predicted octanol–water partition coefficient (Wildman–Crippen LogP) is 1.75. The van der Waals surface area contributed by atoms with Crippen molar-refractivity contribution in [1.29, 1.82) is 0 Å². The first-order valence-electron chi connectivity index (χ1n) is 7.23. The van der Waals surface area contributed by atoms with E-state index in [4.69, 9.17) is 24.3 Å². The molecule has 0 amide bonds. The van der Waals surface area contributed by atoms with Crippen molar-refractivity contribution in [2.45, 2.75) is 39.9 Å². The summed E-state index contributed by atoms with van der Waals surface area (Å²) in [6, 6.07) is 1.17. The third-order valence-electron chi connectivity index (χ3n) is 2.21. The quantitative estimate of drug-likeness (QED) is 0.483. The number of aromatic nitrogens is 2. The Bertz CT molecular complexity index is 575. The van der Waals surface area contributed by atoms with Crippen LogP contribution in [0.2, 0.25) is 0 Å². The molecular formula is C13H24N3O6P. The first-order valence-corrected chi connectivity index (χ1v) is 8.96. The number of aromatic amines is 1. The Hall–Kier alpha value is -1.41. The molecule has 0 aliphatic rings. The van der Waals surface area contributed by atoms with Gasteiger partial charge in [0.2, 0.25) is 11.8 Å². The van der Waals surface area contributed by atoms with Gasteiger partial charge in [-0.05, 0) is 27.7 Å². The second-order valence-electron chi connectivity index (χ2n) is 5.27. The Morgan fingerprint density at radius 2 is 1.83 bits per heavy atom. The predicted molar refractivity (Wildman–Crippen MR) is 85.6 cm³/mol. The molecule has 23 heavy (non-hydrogen) atoms. The van der Waals surface area contributed by atoms with Gasteiger partial charge in [-0.3, -0.25) is 14.3 Å². The molecule has 0 aliphatic heterocycles. The molecule has 0 aliphatic carbocycles. The molecule has 1 heterocycles. The second kappa shape index (κ2) is 9.02. The van der Waals surface area contributed by atoms with Crippen LogP contribution in [-0.4, -0.2) is 41.7 Å². The number of nitrogens with zero attached hydrogens (tertiary/aromatic N) is 1. The Morgan fingerprint density at radius 1 is 1.22 bits per heavy atom. The van der Waals surface area contributed by atoms with Gasteiger partial charge in [-0.1, -0.05) is 0 Å². The van der Waals surface area contributed by atoms with Crippen LogP contribution >= 0.6 is 7.60 Å². The SMILES string of the molecule is CC(C)OP(=O)(COCCOc1cc(=O)[nH]c(N)n1)OC(C)C. The lowest BCUT2D eigenvalue weighted by molar-refractivity contribution is 0.0844. The van der Waals surface area contributed by atoms with Crippen molar-refractivity contribution >= 4 is 13.5 Å². The zero-order valence-corrected chi connectivity index (χ0v) is 14.7. The van der Waals surface area contributed by atoms with Crippen LogP contribution in [0.15, 0.2) is 10.9 Å². The highest BCUT2D eigenvalue weighted by atomic mass is 31.2. The Morgan fingerprint density at radius 3 is 2.35 bits per heavy atom. The molecule has 10 heteroatoms. The van der Waals surface area contributed by atoms with E-state index in [0.29, 0.717) is 0 Å². The zero-order chi connectivity index (χ0) is 17.5. The lowest BCUT2D eigenvalue weighted by atomic mass is 10.5. The fraction of sp³-hybridized carbons (Fsp3) is 0.692. The number of hydrogen-bond acceptors (Lipinski definition) is 8. The summed E-state index contributed by atoms with van der Waals surface area (Å²) in [5, 5.41) is 0. The van der Waals surface area contributed by atoms with E-state index >= 15 is 0 Å². The van der Waals surface area contributed by atoms with Gasteiger partial charge in [0, 0.05) is 0 Å². The van der Waals surface area contributed by atoms with Gasteiger partial charge in [0.1, 0.15) is 13.0 Å². The maximum absolute atomic E-state index is 12.5. The zero-order valence-electron chi connectivity index (χ0n) is 13.8. The summed E-state index contributed by atoms with van der Waals surface area (Å²) in [4.78, 5) is 17.3. The average Bonchev–Trinajstić information content (AvgIpc) is 2.34.